The van der Waals surface area contributed by atoms with Crippen molar-refractivity contribution in [3.05, 3.63) is 131 Å². The summed E-state index contributed by atoms with van der Waals surface area (Å²) in [4.78, 5) is 15.1. The van der Waals surface area contributed by atoms with Crippen LogP contribution in [0.4, 0.5) is 11.4 Å². The van der Waals surface area contributed by atoms with Crippen LogP contribution in [0.5, 0.6) is 0 Å². The number of quaternary nitrogens is 1. The first-order valence-electron chi connectivity index (χ1n) is 21.4. The molecule has 2 aliphatic heterocycles. The molecule has 56 heavy (non-hydrogen) atoms. The Bertz CT molecular complexity index is 2250. The SMILES string of the molecule is C[N+]1=C(/C=C/C2=CC(=C/C=C3/N(CCCCCC(=O)NCCCCCC[NH3+])c4ccc5ccccc5c4C3(C)C)/CCC2)C(C)(C)c2c1ccc1ccccc21. The molecule has 292 valence electrons. The fourth-order valence-electron chi connectivity index (χ4n) is 9.69. The van der Waals surface area contributed by atoms with E-state index in [1.165, 1.54) is 85.9 Å². The summed E-state index contributed by atoms with van der Waals surface area (Å²) in [6.45, 7) is 12.3. The molecule has 0 aromatic heterocycles. The molecule has 0 fully saturated rings. The van der Waals surface area contributed by atoms with Crippen molar-refractivity contribution < 1.29 is 15.1 Å². The van der Waals surface area contributed by atoms with E-state index in [2.05, 4.69) is 158 Å². The van der Waals surface area contributed by atoms with Crippen molar-refractivity contribution in [2.45, 2.75) is 109 Å². The molecule has 4 N–H and O–H groups in total. The predicted molar refractivity (Wildman–Crippen MR) is 237 cm³/mol. The molecular weight excluding hydrogens is 685 g/mol. The Balaban J connectivity index is 1.08. The Kier molecular flexibility index (Phi) is 12.1. The second kappa shape index (κ2) is 17.2. The second-order valence-electron chi connectivity index (χ2n) is 17.3. The number of benzene rings is 4. The van der Waals surface area contributed by atoms with Gasteiger partial charge >= 0.3 is 0 Å². The van der Waals surface area contributed by atoms with E-state index in [1.807, 2.05) is 0 Å². The highest BCUT2D eigenvalue weighted by molar-refractivity contribution is 6.07. The van der Waals surface area contributed by atoms with Crippen molar-refractivity contribution in [2.75, 3.05) is 31.6 Å². The minimum Gasteiger partial charge on any atom is -0.358 e. The van der Waals surface area contributed by atoms with Gasteiger partial charge in [-0.05, 0) is 122 Å². The van der Waals surface area contributed by atoms with E-state index in [0.29, 0.717) is 6.42 Å². The molecular formula is C51H64N4O+2. The average Bonchev–Trinajstić information content (AvgIpc) is 3.54. The number of hydrogen-bond acceptors (Lipinski definition) is 2. The van der Waals surface area contributed by atoms with Gasteiger partial charge in [0.1, 0.15) is 7.05 Å². The number of allylic oxidation sites excluding steroid dienone is 8. The molecule has 4 aromatic carbocycles. The number of rotatable bonds is 15. The molecule has 5 nitrogen and oxygen atoms in total. The normalized spacial score (nSPS) is 18.8. The van der Waals surface area contributed by atoms with Crippen LogP contribution in [-0.4, -0.2) is 42.9 Å². The van der Waals surface area contributed by atoms with E-state index >= 15 is 0 Å². The third kappa shape index (κ3) is 8.07. The van der Waals surface area contributed by atoms with Gasteiger partial charge in [-0.2, -0.15) is 4.58 Å². The van der Waals surface area contributed by atoms with E-state index in [4.69, 9.17) is 0 Å². The number of carbonyl (C=O) groups excluding carboxylic acids is 1. The van der Waals surface area contributed by atoms with E-state index < -0.39 is 0 Å². The molecule has 5 heteroatoms. The van der Waals surface area contributed by atoms with Crippen LogP contribution in [0.15, 0.2) is 120 Å². The topological polar surface area (TPSA) is 63.0 Å². The van der Waals surface area contributed by atoms with Crippen LogP contribution < -0.4 is 16.0 Å². The third-order valence-electron chi connectivity index (χ3n) is 12.6. The molecule has 0 saturated carbocycles. The van der Waals surface area contributed by atoms with Gasteiger partial charge in [0.15, 0.2) is 5.71 Å². The molecule has 0 bridgehead atoms. The Labute approximate surface area is 335 Å². The molecule has 1 aliphatic carbocycles. The number of amides is 1. The first-order valence-corrected chi connectivity index (χ1v) is 21.4. The minimum atomic E-state index is -0.143. The second-order valence-corrected chi connectivity index (χ2v) is 17.3. The summed E-state index contributed by atoms with van der Waals surface area (Å²) in [6, 6.07) is 26.8. The zero-order valence-corrected chi connectivity index (χ0v) is 34.7. The number of fused-ring (bicyclic) bond motifs is 6. The van der Waals surface area contributed by atoms with Crippen LogP contribution >= 0.6 is 0 Å². The summed E-state index contributed by atoms with van der Waals surface area (Å²) in [5, 5.41) is 8.43. The average molecular weight is 749 g/mol. The van der Waals surface area contributed by atoms with Crippen LogP contribution in [0.2, 0.25) is 0 Å². The zero-order chi connectivity index (χ0) is 39.3. The first kappa shape index (κ1) is 39.5. The third-order valence-corrected chi connectivity index (χ3v) is 12.6. The van der Waals surface area contributed by atoms with Gasteiger partial charge in [0.05, 0.1) is 12.0 Å². The Hall–Kier alpha value is -4.74. The largest absolute Gasteiger partial charge is 0.358 e. The predicted octanol–water partition coefficient (Wildman–Crippen LogP) is 10.8. The summed E-state index contributed by atoms with van der Waals surface area (Å²) in [5.74, 6) is 0.194. The Morgan fingerprint density at radius 3 is 2.23 bits per heavy atom. The van der Waals surface area contributed by atoms with Crippen molar-refractivity contribution in [3.8, 4) is 0 Å². The molecule has 0 radical (unpaired) electrons. The molecule has 0 saturated heterocycles. The Morgan fingerprint density at radius 2 is 1.46 bits per heavy atom. The van der Waals surface area contributed by atoms with Gasteiger partial charge in [0.25, 0.3) is 0 Å². The molecule has 0 spiro atoms. The standard InChI is InChI=1S/C51H62N4O/c1-50(2)45(54(5)43-29-27-39-20-10-12-22-41(39)48(43)50)31-25-37-18-17-19-38(36-37)26-32-46-51(3,4)49-42-23-13-11-21-40(42)28-30-44(49)55(46)35-16-8-9-24-47(56)53-34-15-7-6-14-33-52/h10-13,20-23,25-32,36H,6-9,14-19,24,33-35,52H2,1-5H3/p+2. The molecule has 1 amide bonds. The van der Waals surface area contributed by atoms with Crippen LogP contribution in [-0.2, 0) is 15.6 Å². The van der Waals surface area contributed by atoms with E-state index in [1.54, 1.807) is 0 Å². The van der Waals surface area contributed by atoms with Gasteiger partial charge in [-0.25, -0.2) is 0 Å². The summed E-state index contributed by atoms with van der Waals surface area (Å²) < 4.78 is 2.39. The highest BCUT2D eigenvalue weighted by Crippen LogP contribution is 2.51. The van der Waals surface area contributed by atoms with Crippen molar-refractivity contribution in [1.82, 2.24) is 5.32 Å². The maximum atomic E-state index is 12.5. The van der Waals surface area contributed by atoms with Crippen LogP contribution in [0.1, 0.15) is 109 Å². The number of hydrogen-bond donors (Lipinski definition) is 2. The van der Waals surface area contributed by atoms with Crippen molar-refractivity contribution in [1.29, 1.82) is 0 Å². The first-order chi connectivity index (χ1) is 27.1. The summed E-state index contributed by atoms with van der Waals surface area (Å²) in [6.07, 6.45) is 23.6. The van der Waals surface area contributed by atoms with E-state index in [9.17, 15) is 4.79 Å². The molecule has 4 aromatic rings. The highest BCUT2D eigenvalue weighted by Gasteiger charge is 2.44. The van der Waals surface area contributed by atoms with Crippen molar-refractivity contribution in [3.63, 3.8) is 0 Å². The van der Waals surface area contributed by atoms with Gasteiger partial charge in [-0.1, -0.05) is 99.5 Å². The fourth-order valence-corrected chi connectivity index (χ4v) is 9.69. The van der Waals surface area contributed by atoms with Crippen LogP contribution in [0.3, 0.4) is 0 Å². The van der Waals surface area contributed by atoms with Gasteiger partial charge in [0.2, 0.25) is 11.6 Å². The molecule has 3 aliphatic rings. The summed E-state index contributed by atoms with van der Waals surface area (Å²) in [5.41, 5.74) is 14.7. The van der Waals surface area contributed by atoms with Gasteiger partial charge in [-0.15, -0.1) is 0 Å². The van der Waals surface area contributed by atoms with E-state index in [0.717, 1.165) is 64.6 Å². The van der Waals surface area contributed by atoms with Crippen LogP contribution in [0.25, 0.3) is 21.5 Å². The van der Waals surface area contributed by atoms with Crippen LogP contribution in [0, 0.1) is 0 Å². The number of unbranched alkanes of at least 4 members (excludes halogenated alkanes) is 5. The maximum absolute atomic E-state index is 12.5. The highest BCUT2D eigenvalue weighted by atomic mass is 16.1. The number of carbonyl (C=O) groups is 1. The number of nitrogens with one attached hydrogen (secondary N) is 1. The number of nitrogens with zero attached hydrogens (tertiary/aromatic N) is 2. The summed E-state index contributed by atoms with van der Waals surface area (Å²) >= 11 is 0. The van der Waals surface area contributed by atoms with Gasteiger partial charge in [0, 0.05) is 54.0 Å². The van der Waals surface area contributed by atoms with Gasteiger partial charge < -0.3 is 16.0 Å². The molecule has 7 rings (SSSR count). The fraction of sp³-hybridized carbons (Fsp3) is 0.412. The lowest BCUT2D eigenvalue weighted by molar-refractivity contribution is -0.401. The zero-order valence-electron chi connectivity index (χ0n) is 34.7. The molecule has 2 heterocycles. The molecule has 0 atom stereocenters. The number of anilines is 1. The van der Waals surface area contributed by atoms with Crippen molar-refractivity contribution >= 4 is 44.5 Å². The lowest BCUT2D eigenvalue weighted by Gasteiger charge is -2.27. The monoisotopic (exact) mass is 749 g/mol. The lowest BCUT2D eigenvalue weighted by atomic mass is 9.79. The molecule has 0 unspecified atom stereocenters. The lowest BCUT2D eigenvalue weighted by Crippen LogP contribution is -2.50. The maximum Gasteiger partial charge on any atom is 0.219 e. The minimum absolute atomic E-state index is 0.0885. The van der Waals surface area contributed by atoms with E-state index in [-0.39, 0.29) is 16.7 Å². The van der Waals surface area contributed by atoms with Crippen molar-refractivity contribution in [2.24, 2.45) is 0 Å². The quantitative estimate of drug-likeness (QED) is 0.0939. The van der Waals surface area contributed by atoms with Gasteiger partial charge in [-0.3, -0.25) is 4.79 Å². The smallest absolute Gasteiger partial charge is 0.219 e. The summed E-state index contributed by atoms with van der Waals surface area (Å²) in [7, 11) is 2.22. The Morgan fingerprint density at radius 1 is 0.768 bits per heavy atom.